The topological polar surface area (TPSA) is 61.8 Å². The lowest BCUT2D eigenvalue weighted by Gasteiger charge is -2.20. The minimum atomic E-state index is -3.09. The quantitative estimate of drug-likeness (QED) is 0.516. The highest BCUT2D eigenvalue weighted by Gasteiger charge is 2.47. The minimum Gasteiger partial charge on any atom is -0.382 e. The molecule has 0 bridgehead atoms. The molecule has 2 aliphatic carbocycles. The fraction of sp³-hybridized carbons (Fsp3) is 0.333. The number of aliphatic hydroxyl groups is 1. The van der Waals surface area contributed by atoms with Crippen molar-refractivity contribution in [2.75, 3.05) is 0 Å². The molecule has 0 fully saturated rings. The Morgan fingerprint density at radius 1 is 1.28 bits per heavy atom. The van der Waals surface area contributed by atoms with Crippen molar-refractivity contribution in [3.8, 4) is 17.3 Å². The fourth-order valence-electron chi connectivity index (χ4n) is 4.42. The second-order valence-electron chi connectivity index (χ2n) is 8.10. The number of hydrogen-bond donors (Lipinski definition) is 1. The average molecular weight is 443 g/mol. The molecule has 0 amide bonds. The van der Waals surface area contributed by atoms with Gasteiger partial charge in [-0.2, -0.15) is 5.26 Å². The Bertz CT molecular complexity index is 1200. The van der Waals surface area contributed by atoms with E-state index in [1.807, 2.05) is 6.07 Å². The molecule has 3 aromatic rings. The molecule has 2 atom stereocenters. The van der Waals surface area contributed by atoms with Crippen LogP contribution in [-0.4, -0.2) is 20.6 Å². The molecule has 0 radical (unpaired) electrons. The second-order valence-corrected chi connectivity index (χ2v) is 8.10. The van der Waals surface area contributed by atoms with Crippen LogP contribution < -0.4 is 0 Å². The van der Waals surface area contributed by atoms with Gasteiger partial charge in [0.05, 0.1) is 29.9 Å². The molecule has 2 aromatic carbocycles. The number of fused-ring (bicyclic) bond motifs is 2. The molecule has 1 aromatic heterocycles. The Balaban J connectivity index is 0.000000158. The molecule has 2 unspecified atom stereocenters. The van der Waals surface area contributed by atoms with Gasteiger partial charge in [-0.05, 0) is 53.6 Å². The Kier molecular flexibility index (Phi) is 5.78. The third-order valence-corrected chi connectivity index (χ3v) is 5.98. The first-order valence-corrected chi connectivity index (χ1v) is 10.2. The monoisotopic (exact) mass is 443 g/mol. The van der Waals surface area contributed by atoms with Gasteiger partial charge in [-0.25, -0.2) is 22.5 Å². The maximum Gasteiger partial charge on any atom is 0.281 e. The molecule has 8 heteroatoms. The first kappa shape index (κ1) is 22.0. The molecule has 0 saturated carbocycles. The molecule has 4 nitrogen and oxygen atoms in total. The van der Waals surface area contributed by atoms with Gasteiger partial charge in [-0.15, -0.1) is 0 Å². The van der Waals surface area contributed by atoms with Gasteiger partial charge in [-0.3, -0.25) is 0 Å². The third-order valence-electron chi connectivity index (χ3n) is 5.98. The summed E-state index contributed by atoms with van der Waals surface area (Å²) in [5.74, 6) is -3.61. The van der Waals surface area contributed by atoms with Crippen molar-refractivity contribution in [3.05, 3.63) is 76.5 Å². The SMILES string of the molecule is Cn1cncc1-c1cccc2c1C(O)C(F)(F)C2.N#Cc1cc(F)cc2c1CCCC2F. The highest BCUT2D eigenvalue weighted by Crippen LogP contribution is 2.46. The molecule has 0 spiro atoms. The van der Waals surface area contributed by atoms with Crippen molar-refractivity contribution in [2.45, 2.75) is 43.9 Å². The summed E-state index contributed by atoms with van der Waals surface area (Å²) in [6.07, 6.45) is 1.80. The molecule has 0 aliphatic heterocycles. The van der Waals surface area contributed by atoms with Crippen LogP contribution in [0.1, 0.15) is 52.9 Å². The van der Waals surface area contributed by atoms with Gasteiger partial charge in [0.25, 0.3) is 5.92 Å². The van der Waals surface area contributed by atoms with Crippen LogP contribution in [0.4, 0.5) is 17.6 Å². The van der Waals surface area contributed by atoms with Gasteiger partial charge < -0.3 is 9.67 Å². The number of hydrogen-bond acceptors (Lipinski definition) is 3. The predicted molar refractivity (Wildman–Crippen MR) is 110 cm³/mol. The standard InChI is InChI=1S/C13H12F2N2O.C11H9F2N/c1-17-7-16-6-10(17)9-4-2-3-8-5-13(14,15)12(18)11(8)9;12-8-4-7(6-14)9-2-1-3-11(13)10(9)5-8/h2-4,6-7,12,18H,5H2,1H3;4-5,11H,1-3H2. The molecule has 32 heavy (non-hydrogen) atoms. The summed E-state index contributed by atoms with van der Waals surface area (Å²) in [5, 5.41) is 18.6. The van der Waals surface area contributed by atoms with Crippen molar-refractivity contribution in [2.24, 2.45) is 7.05 Å². The average Bonchev–Trinajstić information content (AvgIpc) is 3.28. The predicted octanol–water partition coefficient (Wildman–Crippen LogP) is 5.36. The number of alkyl halides is 3. The number of aryl methyl sites for hydroxylation is 1. The van der Waals surface area contributed by atoms with E-state index in [9.17, 15) is 22.7 Å². The summed E-state index contributed by atoms with van der Waals surface area (Å²) < 4.78 is 55.3. The van der Waals surface area contributed by atoms with Crippen LogP contribution in [0.25, 0.3) is 11.3 Å². The fourth-order valence-corrected chi connectivity index (χ4v) is 4.42. The normalized spacial score (nSPS) is 20.5. The summed E-state index contributed by atoms with van der Waals surface area (Å²) in [5.41, 5.74) is 3.51. The summed E-state index contributed by atoms with van der Waals surface area (Å²) >= 11 is 0. The van der Waals surface area contributed by atoms with Crippen LogP contribution >= 0.6 is 0 Å². The van der Waals surface area contributed by atoms with E-state index in [0.29, 0.717) is 40.7 Å². The zero-order chi connectivity index (χ0) is 23.0. The third kappa shape index (κ3) is 3.89. The second kappa shape index (κ2) is 8.40. The van der Waals surface area contributed by atoms with E-state index < -0.39 is 30.4 Å². The Hall–Kier alpha value is -3.18. The van der Waals surface area contributed by atoms with Crippen LogP contribution in [0.15, 0.2) is 42.9 Å². The van der Waals surface area contributed by atoms with Crippen molar-refractivity contribution in [1.29, 1.82) is 5.26 Å². The summed E-state index contributed by atoms with van der Waals surface area (Å²) in [6, 6.07) is 9.40. The molecule has 1 N–H and O–H groups in total. The number of aromatic nitrogens is 2. The number of aliphatic hydroxyl groups excluding tert-OH is 1. The van der Waals surface area contributed by atoms with Gasteiger partial charge in [0.15, 0.2) is 0 Å². The number of benzene rings is 2. The van der Waals surface area contributed by atoms with E-state index in [-0.39, 0.29) is 5.56 Å². The van der Waals surface area contributed by atoms with Gasteiger partial charge in [-0.1, -0.05) is 18.2 Å². The van der Waals surface area contributed by atoms with Crippen LogP contribution in [0.3, 0.4) is 0 Å². The molecule has 0 saturated heterocycles. The Labute approximate surface area is 182 Å². The van der Waals surface area contributed by atoms with Crippen molar-refractivity contribution in [3.63, 3.8) is 0 Å². The first-order chi connectivity index (χ1) is 15.2. The lowest BCUT2D eigenvalue weighted by atomic mass is 9.87. The van der Waals surface area contributed by atoms with Gasteiger partial charge in [0.1, 0.15) is 18.1 Å². The number of nitriles is 1. The maximum atomic E-state index is 13.6. The van der Waals surface area contributed by atoms with Crippen molar-refractivity contribution >= 4 is 0 Å². The largest absolute Gasteiger partial charge is 0.382 e. The highest BCUT2D eigenvalue weighted by molar-refractivity contribution is 5.67. The minimum absolute atomic E-state index is 0.280. The van der Waals surface area contributed by atoms with E-state index in [4.69, 9.17) is 5.26 Å². The lowest BCUT2D eigenvalue weighted by Crippen LogP contribution is -2.21. The van der Waals surface area contributed by atoms with Gasteiger partial charge in [0, 0.05) is 19.0 Å². The Morgan fingerprint density at radius 3 is 2.75 bits per heavy atom. The van der Waals surface area contributed by atoms with Crippen LogP contribution in [0.2, 0.25) is 0 Å². The smallest absolute Gasteiger partial charge is 0.281 e. The van der Waals surface area contributed by atoms with Crippen LogP contribution in [0, 0.1) is 17.1 Å². The summed E-state index contributed by atoms with van der Waals surface area (Å²) in [7, 11) is 1.79. The first-order valence-electron chi connectivity index (χ1n) is 10.2. The lowest BCUT2D eigenvalue weighted by molar-refractivity contribution is -0.0966. The molecular weight excluding hydrogens is 422 g/mol. The van der Waals surface area contributed by atoms with Crippen molar-refractivity contribution in [1.82, 2.24) is 9.55 Å². The van der Waals surface area contributed by atoms with E-state index in [1.54, 1.807) is 42.3 Å². The summed E-state index contributed by atoms with van der Waals surface area (Å²) in [4.78, 5) is 3.98. The molecule has 166 valence electrons. The number of rotatable bonds is 1. The highest BCUT2D eigenvalue weighted by atomic mass is 19.3. The van der Waals surface area contributed by atoms with Crippen molar-refractivity contribution < 1.29 is 22.7 Å². The van der Waals surface area contributed by atoms with Gasteiger partial charge in [0.2, 0.25) is 0 Å². The van der Waals surface area contributed by atoms with Crippen LogP contribution in [0.5, 0.6) is 0 Å². The zero-order valence-electron chi connectivity index (χ0n) is 17.3. The number of halogens is 4. The van der Waals surface area contributed by atoms with E-state index >= 15 is 0 Å². The van der Waals surface area contributed by atoms with E-state index in [1.165, 1.54) is 12.1 Å². The molecular formula is C24H21F4N3O. The van der Waals surface area contributed by atoms with Gasteiger partial charge >= 0.3 is 0 Å². The van der Waals surface area contributed by atoms with Crippen LogP contribution in [-0.2, 0) is 19.9 Å². The zero-order valence-corrected chi connectivity index (χ0v) is 17.3. The molecule has 1 heterocycles. The molecule has 5 rings (SSSR count). The summed E-state index contributed by atoms with van der Waals surface area (Å²) in [6.45, 7) is 0. The Morgan fingerprint density at radius 2 is 2.06 bits per heavy atom. The maximum absolute atomic E-state index is 13.6. The molecule has 2 aliphatic rings. The van der Waals surface area contributed by atoms with E-state index in [0.717, 1.165) is 12.1 Å². The number of imidazole rings is 1. The van der Waals surface area contributed by atoms with E-state index in [2.05, 4.69) is 4.98 Å². The number of nitrogens with zero attached hydrogens (tertiary/aromatic N) is 3.